The molecule has 0 spiro atoms. The van der Waals surface area contributed by atoms with Crippen LogP contribution in [0.4, 0.5) is 0 Å². The topological polar surface area (TPSA) is 0 Å². The molecule has 2 aliphatic carbocycles. The predicted octanol–water partition coefficient (Wildman–Crippen LogP) is 6.22. The first-order chi connectivity index (χ1) is 8.29. The van der Waals surface area contributed by atoms with Crippen molar-refractivity contribution in [3.63, 3.8) is 0 Å². The van der Waals surface area contributed by atoms with Crippen LogP contribution in [0.2, 0.25) is 0 Å². The molecule has 0 amide bonds. The molecular formula is C18H34. The van der Waals surface area contributed by atoms with Crippen molar-refractivity contribution >= 4 is 0 Å². The van der Waals surface area contributed by atoms with Gasteiger partial charge >= 0.3 is 0 Å². The van der Waals surface area contributed by atoms with E-state index in [9.17, 15) is 0 Å². The van der Waals surface area contributed by atoms with Gasteiger partial charge in [-0.3, -0.25) is 0 Å². The second kappa shape index (κ2) is 8.02. The van der Waals surface area contributed by atoms with E-state index in [1.54, 1.807) is 0 Å². The van der Waals surface area contributed by atoms with E-state index >= 15 is 0 Å². The van der Waals surface area contributed by atoms with E-state index in [0.29, 0.717) is 0 Å². The van der Waals surface area contributed by atoms with Crippen molar-refractivity contribution in [1.29, 1.82) is 0 Å². The number of rotatable bonds is 4. The molecule has 0 nitrogen and oxygen atoms in total. The minimum Gasteiger partial charge on any atom is -0.103 e. The van der Waals surface area contributed by atoms with Gasteiger partial charge in [-0.25, -0.2) is 0 Å². The first kappa shape index (κ1) is 15.8. The molecule has 2 aliphatic rings. The molecule has 0 bridgehead atoms. The van der Waals surface area contributed by atoms with Gasteiger partial charge < -0.3 is 0 Å². The Kier molecular flexibility index (Phi) is 7.04. The summed E-state index contributed by atoms with van der Waals surface area (Å²) < 4.78 is 0. The average Bonchev–Trinajstić information content (AvgIpc) is 2.38. The lowest BCUT2D eigenvalue weighted by atomic mass is 9.69. The molecule has 0 radical (unpaired) electrons. The molecule has 0 heteroatoms. The Morgan fingerprint density at radius 1 is 0.889 bits per heavy atom. The van der Waals surface area contributed by atoms with Crippen molar-refractivity contribution < 1.29 is 0 Å². The van der Waals surface area contributed by atoms with Crippen LogP contribution >= 0.6 is 0 Å². The first-order valence-electron chi connectivity index (χ1n) is 7.90. The standard InChI is InChI=1S/C17H30.CH4/c1-3-4-5-15-8-12-17(13-9-15)16-10-6-14(2)7-11-16;/h3,14-17H,1,4-13H2,2H3;1H4. The Bertz CT molecular complexity index is 214. The second-order valence-electron chi connectivity index (χ2n) is 6.67. The third-order valence-corrected chi connectivity index (χ3v) is 5.40. The van der Waals surface area contributed by atoms with Crippen molar-refractivity contribution in [3.8, 4) is 0 Å². The highest BCUT2D eigenvalue weighted by molar-refractivity contribution is 4.82. The summed E-state index contributed by atoms with van der Waals surface area (Å²) in [6, 6.07) is 0. The van der Waals surface area contributed by atoms with Crippen molar-refractivity contribution in [1.82, 2.24) is 0 Å². The van der Waals surface area contributed by atoms with Crippen molar-refractivity contribution in [2.45, 2.75) is 78.6 Å². The van der Waals surface area contributed by atoms with Crippen LogP contribution in [0.25, 0.3) is 0 Å². The Balaban J connectivity index is 0.00000162. The molecule has 0 aliphatic heterocycles. The van der Waals surface area contributed by atoms with E-state index < -0.39 is 0 Å². The van der Waals surface area contributed by atoms with E-state index in [0.717, 1.165) is 23.7 Å². The summed E-state index contributed by atoms with van der Waals surface area (Å²) in [5.41, 5.74) is 0. The maximum Gasteiger partial charge on any atom is -0.0351 e. The van der Waals surface area contributed by atoms with E-state index in [1.165, 1.54) is 64.2 Å². The van der Waals surface area contributed by atoms with Gasteiger partial charge in [-0.15, -0.1) is 6.58 Å². The average molecular weight is 250 g/mol. The van der Waals surface area contributed by atoms with Crippen LogP contribution in [0.5, 0.6) is 0 Å². The molecule has 0 atom stereocenters. The Labute approximate surface area is 115 Å². The van der Waals surface area contributed by atoms with Crippen molar-refractivity contribution in [2.75, 3.05) is 0 Å². The normalized spacial score (nSPS) is 36.7. The van der Waals surface area contributed by atoms with Gasteiger partial charge in [0.1, 0.15) is 0 Å². The van der Waals surface area contributed by atoms with Crippen LogP contribution in [-0.4, -0.2) is 0 Å². The smallest absolute Gasteiger partial charge is 0.0351 e. The summed E-state index contributed by atoms with van der Waals surface area (Å²) in [5.74, 6) is 4.20. The molecule has 0 saturated heterocycles. The maximum atomic E-state index is 3.84. The van der Waals surface area contributed by atoms with Gasteiger partial charge in [0, 0.05) is 0 Å². The lowest BCUT2D eigenvalue weighted by Crippen LogP contribution is -2.25. The molecule has 18 heavy (non-hydrogen) atoms. The van der Waals surface area contributed by atoms with E-state index in [1.807, 2.05) is 0 Å². The summed E-state index contributed by atoms with van der Waals surface area (Å²) in [6.45, 7) is 6.27. The van der Waals surface area contributed by atoms with Crippen LogP contribution < -0.4 is 0 Å². The second-order valence-corrected chi connectivity index (χ2v) is 6.67. The van der Waals surface area contributed by atoms with Gasteiger partial charge in [0.25, 0.3) is 0 Å². The quantitative estimate of drug-likeness (QED) is 0.519. The van der Waals surface area contributed by atoms with Gasteiger partial charge in [0.15, 0.2) is 0 Å². The molecule has 0 aromatic rings. The third kappa shape index (κ3) is 4.44. The van der Waals surface area contributed by atoms with Gasteiger partial charge in [-0.05, 0) is 62.2 Å². The molecule has 2 saturated carbocycles. The predicted molar refractivity (Wildman–Crippen MR) is 82.7 cm³/mol. The zero-order valence-electron chi connectivity index (χ0n) is 11.7. The largest absolute Gasteiger partial charge is 0.103 e. The summed E-state index contributed by atoms with van der Waals surface area (Å²) in [6.07, 6.45) is 16.9. The molecule has 2 fully saturated rings. The Morgan fingerprint density at radius 2 is 1.39 bits per heavy atom. The highest BCUT2D eigenvalue weighted by Gasteiger charge is 2.29. The summed E-state index contributed by atoms with van der Waals surface area (Å²) >= 11 is 0. The summed E-state index contributed by atoms with van der Waals surface area (Å²) in [5, 5.41) is 0. The SMILES string of the molecule is C.C=CCCC1CCC(C2CCC(C)CC2)CC1. The molecule has 0 unspecified atom stereocenters. The molecule has 0 N–H and O–H groups in total. The first-order valence-corrected chi connectivity index (χ1v) is 7.90. The van der Waals surface area contributed by atoms with Crippen LogP contribution in [-0.2, 0) is 0 Å². The van der Waals surface area contributed by atoms with Gasteiger partial charge in [0.2, 0.25) is 0 Å². The minimum absolute atomic E-state index is 0. The highest BCUT2D eigenvalue weighted by Crippen LogP contribution is 2.41. The number of hydrogen-bond donors (Lipinski definition) is 0. The van der Waals surface area contributed by atoms with Crippen LogP contribution in [0.3, 0.4) is 0 Å². The summed E-state index contributed by atoms with van der Waals surface area (Å²) in [7, 11) is 0. The minimum atomic E-state index is 0. The third-order valence-electron chi connectivity index (χ3n) is 5.40. The Hall–Kier alpha value is -0.260. The zero-order valence-corrected chi connectivity index (χ0v) is 11.7. The van der Waals surface area contributed by atoms with E-state index in [2.05, 4.69) is 19.6 Å². The van der Waals surface area contributed by atoms with Crippen LogP contribution in [0, 0.1) is 23.7 Å². The molecule has 0 heterocycles. The number of hydrogen-bond acceptors (Lipinski definition) is 0. The van der Waals surface area contributed by atoms with E-state index in [-0.39, 0.29) is 7.43 Å². The molecule has 2 rings (SSSR count). The van der Waals surface area contributed by atoms with Crippen molar-refractivity contribution in [3.05, 3.63) is 12.7 Å². The number of allylic oxidation sites excluding steroid dienone is 1. The monoisotopic (exact) mass is 250 g/mol. The van der Waals surface area contributed by atoms with E-state index in [4.69, 9.17) is 0 Å². The maximum absolute atomic E-state index is 3.84. The highest BCUT2D eigenvalue weighted by atomic mass is 14.3. The van der Waals surface area contributed by atoms with Gasteiger partial charge in [-0.2, -0.15) is 0 Å². The molecular weight excluding hydrogens is 216 g/mol. The van der Waals surface area contributed by atoms with Gasteiger partial charge in [0.05, 0.1) is 0 Å². The fraction of sp³-hybridized carbons (Fsp3) is 0.889. The van der Waals surface area contributed by atoms with Crippen LogP contribution in [0.15, 0.2) is 12.7 Å². The molecule has 106 valence electrons. The van der Waals surface area contributed by atoms with Crippen LogP contribution in [0.1, 0.15) is 78.6 Å². The Morgan fingerprint density at radius 3 is 1.89 bits per heavy atom. The molecule has 0 aromatic carbocycles. The zero-order chi connectivity index (χ0) is 12.1. The fourth-order valence-electron chi connectivity index (χ4n) is 4.06. The lowest BCUT2D eigenvalue weighted by Gasteiger charge is -2.37. The molecule has 0 aromatic heterocycles. The van der Waals surface area contributed by atoms with Crippen molar-refractivity contribution in [2.24, 2.45) is 23.7 Å². The lowest BCUT2D eigenvalue weighted by molar-refractivity contribution is 0.148. The summed E-state index contributed by atoms with van der Waals surface area (Å²) in [4.78, 5) is 0. The fourth-order valence-corrected chi connectivity index (χ4v) is 4.06. The van der Waals surface area contributed by atoms with Gasteiger partial charge in [-0.1, -0.05) is 46.1 Å².